The van der Waals surface area contributed by atoms with Crippen LogP contribution in [-0.2, 0) is 55.8 Å². The molecule has 0 aromatic heterocycles. The van der Waals surface area contributed by atoms with Gasteiger partial charge >= 0.3 is 33.6 Å². The number of esters is 3. The number of phosphoric ester groups is 2. The Morgan fingerprint density at radius 3 is 0.895 bits per heavy atom. The van der Waals surface area contributed by atoms with Crippen molar-refractivity contribution >= 4 is 33.6 Å². The van der Waals surface area contributed by atoms with Gasteiger partial charge in [0.15, 0.2) is 6.10 Å². The average Bonchev–Trinajstić information content (AvgIpc) is 2.47. The fraction of sp³-hybridized carbons (Fsp3) is 0.805. The summed E-state index contributed by atoms with van der Waals surface area (Å²) in [7, 11) is -9.76. The smallest absolute Gasteiger partial charge is 0.463 e. The van der Waals surface area contributed by atoms with Gasteiger partial charge in [0.25, 0.3) is 0 Å². The van der Waals surface area contributed by atoms with E-state index in [9.17, 15) is 43.5 Å². The summed E-state index contributed by atoms with van der Waals surface area (Å²) in [6, 6.07) is 0. The molecule has 18 heteroatoms. The summed E-state index contributed by atoms with van der Waals surface area (Å²) in [4.78, 5) is 58.3. The van der Waals surface area contributed by atoms with E-state index >= 15 is 0 Å². The Labute approximate surface area is 579 Å². The molecule has 0 fully saturated rings. The topological polar surface area (TPSA) is 231 Å². The number of aliphatic hydroxyl groups excluding tert-OH is 2. The van der Waals surface area contributed by atoms with Crippen molar-refractivity contribution < 1.29 is 75.8 Å². The summed E-state index contributed by atoms with van der Waals surface area (Å²) in [5, 5.41) is 20.6. The summed E-state index contributed by atoms with van der Waals surface area (Å²) in [5.41, 5.74) is 0. The molecule has 0 aliphatic rings. The van der Waals surface area contributed by atoms with Gasteiger partial charge in [-0.25, -0.2) is 9.13 Å². The van der Waals surface area contributed by atoms with Crippen molar-refractivity contribution in [2.75, 3.05) is 39.6 Å². The first-order valence-electron chi connectivity index (χ1n) is 38.2. The van der Waals surface area contributed by atoms with Crippen molar-refractivity contribution in [2.24, 2.45) is 0 Å². The lowest BCUT2D eigenvalue weighted by molar-refractivity contribution is -0.161. The molecule has 4 N–H and O–H groups in total. The van der Waals surface area contributed by atoms with Gasteiger partial charge in [0.2, 0.25) is 0 Å². The van der Waals surface area contributed by atoms with E-state index in [0.29, 0.717) is 19.3 Å². The van der Waals surface area contributed by atoms with Crippen molar-refractivity contribution in [2.45, 2.75) is 360 Å². The summed E-state index contributed by atoms with van der Waals surface area (Å²) in [5.74, 6) is -1.58. The molecule has 95 heavy (non-hydrogen) atoms. The predicted molar refractivity (Wildman–Crippen MR) is 390 cm³/mol. The average molecular weight is 1380 g/mol. The van der Waals surface area contributed by atoms with Crippen molar-refractivity contribution in [3.63, 3.8) is 0 Å². The number of carbonyl (C=O) groups is 3. The Kier molecular flexibility index (Phi) is 68.6. The molecule has 16 nitrogen and oxygen atoms in total. The van der Waals surface area contributed by atoms with Crippen molar-refractivity contribution in [1.82, 2.24) is 0 Å². The van der Waals surface area contributed by atoms with E-state index in [1.807, 2.05) is 0 Å². The zero-order chi connectivity index (χ0) is 69.5. The van der Waals surface area contributed by atoms with Crippen LogP contribution in [0.5, 0.6) is 0 Å². The SMILES string of the molecule is CCCC/C=C\CCCCCCCC(=O)OC(COC(=O)CCCCCCC/C=C\CCCCCC)COP(=O)(O)OCC(O)COP(=O)(O)OCC(O)COC(=O)CCCCCCCCCCCCCCCCCCCCC/C=C\C/C=C\C/C=C\C/C=C\CCCCC. The molecule has 0 heterocycles. The Bertz CT molecular complexity index is 2020. The summed E-state index contributed by atoms with van der Waals surface area (Å²) < 4.78 is 60.8. The molecular weight excluding hydrogens is 1240 g/mol. The first-order valence-corrected chi connectivity index (χ1v) is 41.2. The zero-order valence-corrected chi connectivity index (χ0v) is 62.1. The first kappa shape index (κ1) is 92.0. The van der Waals surface area contributed by atoms with Crippen LogP contribution in [0.4, 0.5) is 0 Å². The van der Waals surface area contributed by atoms with Crippen molar-refractivity contribution in [3.05, 3.63) is 72.9 Å². The molecule has 0 amide bonds. The number of ether oxygens (including phenoxy) is 3. The molecule has 0 aromatic rings. The van der Waals surface area contributed by atoms with Crippen molar-refractivity contribution in [3.8, 4) is 0 Å². The maximum absolute atomic E-state index is 12.8. The van der Waals surface area contributed by atoms with E-state index in [4.69, 9.17) is 32.3 Å². The lowest BCUT2D eigenvalue weighted by atomic mass is 10.0. The fourth-order valence-corrected chi connectivity index (χ4v) is 12.1. The van der Waals surface area contributed by atoms with Gasteiger partial charge in [-0.05, 0) is 109 Å². The molecule has 0 saturated heterocycles. The largest absolute Gasteiger partial charge is 0.472 e. The summed E-state index contributed by atoms with van der Waals surface area (Å²) in [6.07, 6.45) is 77.2. The van der Waals surface area contributed by atoms with Gasteiger partial charge in [-0.15, -0.1) is 0 Å². The number of aliphatic hydroxyl groups is 2. The normalized spacial score (nSPS) is 14.5. The number of allylic oxidation sites excluding steroid dienone is 12. The highest BCUT2D eigenvalue weighted by Crippen LogP contribution is 2.45. The van der Waals surface area contributed by atoms with Crippen LogP contribution in [0.2, 0.25) is 0 Å². The second kappa shape index (κ2) is 70.8. The number of hydrogen-bond acceptors (Lipinski definition) is 14. The van der Waals surface area contributed by atoms with E-state index in [-0.39, 0.29) is 19.3 Å². The number of rotatable bonds is 73. The molecular formula is C77H140O16P2. The Morgan fingerprint density at radius 2 is 0.537 bits per heavy atom. The Hall–Kier alpha value is -3.01. The molecule has 0 bridgehead atoms. The fourth-order valence-electron chi connectivity index (χ4n) is 10.5. The molecule has 5 atom stereocenters. The van der Waals surface area contributed by atoms with Crippen LogP contribution in [0.3, 0.4) is 0 Å². The van der Waals surface area contributed by atoms with E-state index in [1.54, 1.807) is 0 Å². The third-order valence-electron chi connectivity index (χ3n) is 16.4. The Balaban J connectivity index is 4.24. The van der Waals surface area contributed by atoms with Crippen LogP contribution in [-0.4, -0.2) is 95.9 Å². The second-order valence-corrected chi connectivity index (χ2v) is 28.7. The quantitative estimate of drug-likeness (QED) is 0.0146. The third kappa shape index (κ3) is 72.1. The minimum atomic E-state index is -4.92. The highest BCUT2D eigenvalue weighted by Gasteiger charge is 2.29. The van der Waals surface area contributed by atoms with Crippen LogP contribution in [0, 0.1) is 0 Å². The lowest BCUT2D eigenvalue weighted by Crippen LogP contribution is -2.30. The molecule has 0 rings (SSSR count). The monoisotopic (exact) mass is 1380 g/mol. The van der Waals surface area contributed by atoms with Gasteiger partial charge in [-0.2, -0.15) is 0 Å². The highest BCUT2D eigenvalue weighted by molar-refractivity contribution is 7.47. The van der Waals surface area contributed by atoms with Crippen LogP contribution < -0.4 is 0 Å². The van der Waals surface area contributed by atoms with Crippen LogP contribution >= 0.6 is 15.6 Å². The highest BCUT2D eigenvalue weighted by atomic mass is 31.2. The zero-order valence-electron chi connectivity index (χ0n) is 60.3. The van der Waals surface area contributed by atoms with E-state index in [0.717, 1.165) is 116 Å². The van der Waals surface area contributed by atoms with Crippen LogP contribution in [0.15, 0.2) is 72.9 Å². The van der Waals surface area contributed by atoms with Gasteiger partial charge in [-0.1, -0.05) is 286 Å². The number of hydrogen-bond donors (Lipinski definition) is 4. The number of unbranched alkanes of at least 4 members (excludes halogenated alkanes) is 38. The summed E-state index contributed by atoms with van der Waals surface area (Å²) in [6.45, 7) is 2.60. The van der Waals surface area contributed by atoms with Crippen LogP contribution in [0.1, 0.15) is 342 Å². The minimum absolute atomic E-state index is 0.0956. The van der Waals surface area contributed by atoms with E-state index in [2.05, 4.69) is 93.7 Å². The summed E-state index contributed by atoms with van der Waals surface area (Å²) >= 11 is 0. The van der Waals surface area contributed by atoms with Gasteiger partial charge < -0.3 is 34.2 Å². The van der Waals surface area contributed by atoms with Gasteiger partial charge in [0, 0.05) is 19.3 Å². The van der Waals surface area contributed by atoms with Crippen molar-refractivity contribution in [1.29, 1.82) is 0 Å². The molecule has 0 aliphatic carbocycles. The molecule has 5 unspecified atom stereocenters. The lowest BCUT2D eigenvalue weighted by Gasteiger charge is -2.21. The molecule has 0 aliphatic heterocycles. The molecule has 0 aromatic carbocycles. The van der Waals surface area contributed by atoms with Gasteiger partial charge in [-0.3, -0.25) is 32.5 Å². The molecule has 0 radical (unpaired) electrons. The number of carbonyl (C=O) groups excluding carboxylic acids is 3. The Morgan fingerprint density at radius 1 is 0.295 bits per heavy atom. The maximum Gasteiger partial charge on any atom is 0.472 e. The molecule has 0 saturated carbocycles. The molecule has 0 spiro atoms. The standard InChI is InChI=1S/C77H140O16P2/c1-4-7-10-13-16-19-22-24-25-26-27-28-29-30-31-32-33-34-35-36-37-38-39-40-41-42-43-44-45-47-50-51-54-57-60-63-75(80)87-66-72(78)67-89-94(83,84)90-68-73(79)69-91-95(85,86)92-71-74(93-77(82)65-62-59-56-53-48-21-18-15-12-9-6-3)70-88-76(81)64-61-58-55-52-49-46-23-20-17-14-11-8-5-2/h15-16,18-20,23-25,27-28,30-31,72-74,78-79H,4-14,17,21-22,26,29,32-71H2,1-3H3,(H,83,84)(H,85,86)/b18-15-,19-16-,23-20-,25-24-,28-27-,31-30-. The predicted octanol–water partition coefficient (Wildman–Crippen LogP) is 21.9. The number of phosphoric acid groups is 2. The van der Waals surface area contributed by atoms with Gasteiger partial charge in [0.1, 0.15) is 25.4 Å². The molecule has 554 valence electrons. The van der Waals surface area contributed by atoms with Crippen LogP contribution in [0.25, 0.3) is 0 Å². The minimum Gasteiger partial charge on any atom is -0.463 e. The first-order chi connectivity index (χ1) is 46.2. The van der Waals surface area contributed by atoms with E-state index in [1.165, 1.54) is 167 Å². The van der Waals surface area contributed by atoms with Gasteiger partial charge in [0.05, 0.1) is 26.4 Å². The third-order valence-corrected chi connectivity index (χ3v) is 18.3. The van der Waals surface area contributed by atoms with E-state index < -0.39 is 91.5 Å². The maximum atomic E-state index is 12.8. The second-order valence-electron chi connectivity index (χ2n) is 25.8.